The van der Waals surface area contributed by atoms with Crippen LogP contribution in [0.4, 0.5) is 0 Å². The molecule has 1 aromatic heterocycles. The number of rotatable bonds is 1. The highest BCUT2D eigenvalue weighted by atomic mass is 32.1. The molecule has 3 heteroatoms. The van der Waals surface area contributed by atoms with Crippen LogP contribution in [0.3, 0.4) is 0 Å². The van der Waals surface area contributed by atoms with Gasteiger partial charge in [-0.25, -0.2) is 0 Å². The molecule has 0 radical (unpaired) electrons. The first-order valence-electron chi connectivity index (χ1n) is 3.13. The van der Waals surface area contributed by atoms with Gasteiger partial charge in [0.05, 0.1) is 0 Å². The van der Waals surface area contributed by atoms with E-state index in [1.165, 1.54) is 5.56 Å². The van der Waals surface area contributed by atoms with Gasteiger partial charge in [-0.2, -0.15) is 0 Å². The zero-order valence-corrected chi connectivity index (χ0v) is 7.18. The van der Waals surface area contributed by atoms with Crippen molar-refractivity contribution in [2.75, 3.05) is 0 Å². The number of hydrogen-bond acceptors (Lipinski definition) is 2. The maximum absolute atomic E-state index is 6.69. The van der Waals surface area contributed by atoms with E-state index in [1.54, 1.807) is 0 Å². The fraction of sp³-hybridized carbons (Fsp3) is 0.429. The Hall–Kier alpha value is -0.410. The lowest BCUT2D eigenvalue weighted by atomic mass is 10.3. The van der Waals surface area contributed by atoms with Crippen LogP contribution >= 0.6 is 12.9 Å². The molecule has 0 aliphatic heterocycles. The Morgan fingerprint density at radius 3 is 2.40 bits per heavy atom. The molecule has 0 unspecified atom stereocenters. The van der Waals surface area contributed by atoms with Gasteiger partial charge in [-0.15, -0.1) is 0 Å². The number of aryl methyl sites for hydroxylation is 2. The van der Waals surface area contributed by atoms with Crippen molar-refractivity contribution in [2.45, 2.75) is 13.3 Å². The highest BCUT2D eigenvalue weighted by Crippen LogP contribution is 1.98. The fourth-order valence-corrected chi connectivity index (χ4v) is 0.770. The summed E-state index contributed by atoms with van der Waals surface area (Å²) in [5, 5.41) is 0. The summed E-state index contributed by atoms with van der Waals surface area (Å²) in [5.74, 6) is 0. The first-order valence-corrected chi connectivity index (χ1v) is 3.53. The highest BCUT2D eigenvalue weighted by molar-refractivity contribution is 7.74. The van der Waals surface area contributed by atoms with Crippen molar-refractivity contribution >= 4 is 12.9 Å². The van der Waals surface area contributed by atoms with Crippen LogP contribution in [-0.4, -0.2) is 9.12 Å². The standard InChI is InChI=1S/C7H11N.H2OS/c1-3-7-4-5-8(2)6-7;1-2/h4-6H,3H2,1-2H3;1-2H. The second kappa shape index (κ2) is 5.38. The molecule has 0 amide bonds. The topological polar surface area (TPSA) is 25.2 Å². The first kappa shape index (κ1) is 9.59. The minimum Gasteiger partial charge on any atom is -0.357 e. The molecular formula is C7H13NOS. The van der Waals surface area contributed by atoms with Crippen LogP contribution in [0, 0.1) is 0 Å². The monoisotopic (exact) mass is 159 g/mol. The lowest BCUT2D eigenvalue weighted by Gasteiger charge is -1.84. The van der Waals surface area contributed by atoms with Crippen molar-refractivity contribution in [3.63, 3.8) is 0 Å². The third-order valence-electron chi connectivity index (χ3n) is 1.30. The summed E-state index contributed by atoms with van der Waals surface area (Å²) >= 11 is 2.53. The van der Waals surface area contributed by atoms with E-state index in [0.29, 0.717) is 0 Å². The van der Waals surface area contributed by atoms with E-state index in [1.807, 2.05) is 7.05 Å². The predicted octanol–water partition coefficient (Wildman–Crippen LogP) is 1.98. The molecule has 0 aliphatic rings. The van der Waals surface area contributed by atoms with Crippen LogP contribution in [0.2, 0.25) is 0 Å². The Bertz CT molecular complexity index is 174. The van der Waals surface area contributed by atoms with Gasteiger partial charge >= 0.3 is 0 Å². The van der Waals surface area contributed by atoms with Crippen molar-refractivity contribution in [3.8, 4) is 0 Å². The van der Waals surface area contributed by atoms with Gasteiger partial charge in [-0.05, 0) is 31.0 Å². The van der Waals surface area contributed by atoms with Crippen LogP contribution in [0.5, 0.6) is 0 Å². The van der Waals surface area contributed by atoms with E-state index in [-0.39, 0.29) is 0 Å². The molecule has 0 aliphatic carbocycles. The molecular weight excluding hydrogens is 146 g/mol. The van der Waals surface area contributed by atoms with Gasteiger partial charge in [0.15, 0.2) is 0 Å². The molecule has 0 spiro atoms. The number of aromatic nitrogens is 1. The van der Waals surface area contributed by atoms with Gasteiger partial charge < -0.3 is 9.12 Å². The third-order valence-corrected chi connectivity index (χ3v) is 1.30. The summed E-state index contributed by atoms with van der Waals surface area (Å²) in [7, 11) is 2.04. The minimum absolute atomic E-state index is 1.14. The number of hydrogen-bond donors (Lipinski definition) is 2. The Kier molecular flexibility index (Phi) is 5.16. The minimum atomic E-state index is 1.14. The van der Waals surface area contributed by atoms with Crippen LogP contribution in [0.15, 0.2) is 18.5 Å². The van der Waals surface area contributed by atoms with Crippen molar-refractivity contribution in [3.05, 3.63) is 24.0 Å². The van der Waals surface area contributed by atoms with Crippen LogP contribution in [0.25, 0.3) is 0 Å². The summed E-state index contributed by atoms with van der Waals surface area (Å²) in [6, 6.07) is 2.14. The van der Waals surface area contributed by atoms with Crippen molar-refractivity contribution in [1.29, 1.82) is 0 Å². The molecule has 0 bridgehead atoms. The van der Waals surface area contributed by atoms with E-state index < -0.39 is 0 Å². The average Bonchev–Trinajstić information content (AvgIpc) is 2.40. The van der Waals surface area contributed by atoms with Gasteiger partial charge in [0.2, 0.25) is 0 Å². The molecule has 0 fully saturated rings. The molecule has 1 rings (SSSR count). The van der Waals surface area contributed by atoms with Gasteiger partial charge in [-0.3, -0.25) is 0 Å². The molecule has 0 saturated carbocycles. The molecule has 1 heterocycles. The lowest BCUT2D eigenvalue weighted by molar-refractivity contribution is 0.679. The van der Waals surface area contributed by atoms with Gasteiger partial charge in [0.1, 0.15) is 0 Å². The molecule has 0 atom stereocenters. The second-order valence-electron chi connectivity index (χ2n) is 2.04. The number of thiol groups is 1. The highest BCUT2D eigenvalue weighted by Gasteiger charge is 1.86. The van der Waals surface area contributed by atoms with Crippen molar-refractivity contribution < 1.29 is 4.55 Å². The van der Waals surface area contributed by atoms with E-state index in [0.717, 1.165) is 6.42 Å². The summed E-state index contributed by atoms with van der Waals surface area (Å²) in [6.45, 7) is 2.16. The van der Waals surface area contributed by atoms with Crippen LogP contribution in [-0.2, 0) is 13.5 Å². The van der Waals surface area contributed by atoms with E-state index >= 15 is 0 Å². The maximum Gasteiger partial charge on any atom is 0.0106 e. The van der Waals surface area contributed by atoms with E-state index in [2.05, 4.69) is 42.9 Å². The molecule has 0 aromatic carbocycles. The summed E-state index contributed by atoms with van der Waals surface area (Å²) < 4.78 is 8.76. The largest absolute Gasteiger partial charge is 0.357 e. The van der Waals surface area contributed by atoms with Crippen molar-refractivity contribution in [2.24, 2.45) is 7.05 Å². The van der Waals surface area contributed by atoms with Crippen LogP contribution in [0.1, 0.15) is 12.5 Å². The molecule has 58 valence electrons. The van der Waals surface area contributed by atoms with Gasteiger partial charge in [-0.1, -0.05) is 6.92 Å². The Labute approximate surface area is 67.1 Å². The average molecular weight is 159 g/mol. The van der Waals surface area contributed by atoms with Gasteiger partial charge in [0, 0.05) is 19.4 Å². The predicted molar refractivity (Wildman–Crippen MR) is 46.4 cm³/mol. The second-order valence-corrected chi connectivity index (χ2v) is 2.04. The Morgan fingerprint density at radius 2 is 2.20 bits per heavy atom. The molecule has 0 saturated heterocycles. The molecule has 1 N–H and O–H groups in total. The summed E-state index contributed by atoms with van der Waals surface area (Å²) in [4.78, 5) is 0. The molecule has 1 aromatic rings. The SMILES string of the molecule is CCc1ccn(C)c1.OS. The smallest absolute Gasteiger partial charge is 0.0106 e. The zero-order chi connectivity index (χ0) is 7.98. The number of nitrogens with zero attached hydrogens (tertiary/aromatic N) is 1. The fourth-order valence-electron chi connectivity index (χ4n) is 0.770. The van der Waals surface area contributed by atoms with Crippen LogP contribution < -0.4 is 0 Å². The van der Waals surface area contributed by atoms with Crippen molar-refractivity contribution in [1.82, 2.24) is 4.57 Å². The lowest BCUT2D eigenvalue weighted by Crippen LogP contribution is -1.78. The third kappa shape index (κ3) is 2.94. The van der Waals surface area contributed by atoms with E-state index in [4.69, 9.17) is 4.55 Å². The van der Waals surface area contributed by atoms with Gasteiger partial charge in [0.25, 0.3) is 0 Å². The zero-order valence-electron chi connectivity index (χ0n) is 6.28. The van der Waals surface area contributed by atoms with E-state index in [9.17, 15) is 0 Å². The normalized spacial score (nSPS) is 8.40. The summed E-state index contributed by atoms with van der Waals surface area (Å²) in [5.41, 5.74) is 1.41. The molecule has 2 nitrogen and oxygen atoms in total. The maximum atomic E-state index is 6.69. The first-order chi connectivity index (χ1) is 4.83. The quantitative estimate of drug-likeness (QED) is 0.475. The summed E-state index contributed by atoms with van der Waals surface area (Å²) in [6.07, 6.45) is 5.35. The Morgan fingerprint density at radius 1 is 1.60 bits per heavy atom. The Balaban J connectivity index is 0.000000371. The molecule has 10 heavy (non-hydrogen) atoms.